The third-order valence-electron chi connectivity index (χ3n) is 3.85. The van der Waals surface area contributed by atoms with Crippen LogP contribution in [0.2, 0.25) is 0 Å². The van der Waals surface area contributed by atoms with Crippen molar-refractivity contribution < 1.29 is 4.79 Å². The van der Waals surface area contributed by atoms with Crippen molar-refractivity contribution in [1.82, 2.24) is 15.3 Å². The van der Waals surface area contributed by atoms with Crippen molar-refractivity contribution in [3.8, 4) is 0 Å². The van der Waals surface area contributed by atoms with Gasteiger partial charge in [-0.2, -0.15) is 0 Å². The molecule has 2 aromatic heterocycles. The maximum absolute atomic E-state index is 12.1. The summed E-state index contributed by atoms with van der Waals surface area (Å²) in [4.78, 5) is 21.0. The molecule has 5 nitrogen and oxygen atoms in total. The highest BCUT2D eigenvalue weighted by Gasteiger charge is 2.25. The summed E-state index contributed by atoms with van der Waals surface area (Å²) in [5.41, 5.74) is 2.67. The number of hydrogen-bond donors (Lipinski definition) is 2. The van der Waals surface area contributed by atoms with Crippen molar-refractivity contribution >= 4 is 34.0 Å². The molecule has 116 valence electrons. The molecule has 0 radical (unpaired) electrons. The maximum atomic E-state index is 12.1. The Bertz CT molecular complexity index is 851. The third-order valence-corrected chi connectivity index (χ3v) is 4.71. The molecule has 23 heavy (non-hydrogen) atoms. The molecule has 1 aliphatic rings. The zero-order chi connectivity index (χ0) is 15.6. The average molecular weight is 324 g/mol. The van der Waals surface area contributed by atoms with E-state index in [1.165, 1.54) is 18.5 Å². The van der Waals surface area contributed by atoms with Gasteiger partial charge in [0.1, 0.15) is 5.01 Å². The number of amides is 2. The van der Waals surface area contributed by atoms with Crippen LogP contribution in [-0.2, 0) is 6.54 Å². The van der Waals surface area contributed by atoms with Gasteiger partial charge in [0, 0.05) is 22.9 Å². The van der Waals surface area contributed by atoms with Gasteiger partial charge in [-0.3, -0.25) is 4.98 Å². The predicted octanol–water partition coefficient (Wildman–Crippen LogP) is 3.89. The van der Waals surface area contributed by atoms with Gasteiger partial charge >= 0.3 is 6.03 Å². The molecule has 1 fully saturated rings. The Morgan fingerprint density at radius 1 is 1.26 bits per heavy atom. The zero-order valence-electron chi connectivity index (χ0n) is 12.5. The number of anilines is 1. The third kappa shape index (κ3) is 3.17. The number of fused-ring (bicyclic) bond motifs is 1. The van der Waals surface area contributed by atoms with E-state index in [2.05, 4.69) is 26.0 Å². The highest BCUT2D eigenvalue weighted by atomic mass is 32.1. The van der Waals surface area contributed by atoms with E-state index in [-0.39, 0.29) is 6.03 Å². The van der Waals surface area contributed by atoms with Crippen LogP contribution >= 0.6 is 11.3 Å². The van der Waals surface area contributed by atoms with Gasteiger partial charge in [0.25, 0.3) is 0 Å². The van der Waals surface area contributed by atoms with E-state index in [0.717, 1.165) is 15.9 Å². The Labute approximate surface area is 137 Å². The average Bonchev–Trinajstić information content (AvgIpc) is 3.32. The van der Waals surface area contributed by atoms with Crippen molar-refractivity contribution in [2.24, 2.45) is 0 Å². The van der Waals surface area contributed by atoms with E-state index < -0.39 is 0 Å². The summed E-state index contributed by atoms with van der Waals surface area (Å²) in [6.07, 6.45) is 4.21. The lowest BCUT2D eigenvalue weighted by atomic mass is 10.2. The molecule has 0 unspecified atom stereocenters. The van der Waals surface area contributed by atoms with Crippen LogP contribution in [0.25, 0.3) is 10.9 Å². The minimum absolute atomic E-state index is 0.244. The van der Waals surface area contributed by atoms with E-state index in [1.807, 2.05) is 30.3 Å². The molecule has 0 atom stereocenters. The van der Waals surface area contributed by atoms with Crippen LogP contribution in [0.15, 0.2) is 41.9 Å². The molecule has 2 N–H and O–H groups in total. The fraction of sp³-hybridized carbons (Fsp3) is 0.235. The number of nitrogens with zero attached hydrogens (tertiary/aromatic N) is 2. The van der Waals surface area contributed by atoms with Crippen molar-refractivity contribution in [3.63, 3.8) is 0 Å². The molecule has 0 aliphatic heterocycles. The topological polar surface area (TPSA) is 66.9 Å². The Hall–Kier alpha value is -2.47. The second-order valence-electron chi connectivity index (χ2n) is 5.63. The van der Waals surface area contributed by atoms with Gasteiger partial charge in [-0.1, -0.05) is 18.2 Å². The normalized spacial score (nSPS) is 13.9. The molecule has 0 saturated heterocycles. The minimum Gasteiger partial charge on any atom is -0.331 e. The number of benzene rings is 1. The fourth-order valence-corrected chi connectivity index (χ4v) is 3.32. The second kappa shape index (κ2) is 5.96. The van der Waals surface area contributed by atoms with Crippen LogP contribution in [0, 0.1) is 0 Å². The Morgan fingerprint density at radius 2 is 2.13 bits per heavy atom. The zero-order valence-corrected chi connectivity index (χ0v) is 13.3. The number of urea groups is 1. The minimum atomic E-state index is -0.244. The highest BCUT2D eigenvalue weighted by molar-refractivity contribution is 7.09. The van der Waals surface area contributed by atoms with Gasteiger partial charge in [-0.25, -0.2) is 9.78 Å². The first-order valence-electron chi connectivity index (χ1n) is 7.62. The molecule has 3 aromatic rings. The number of aromatic nitrogens is 2. The predicted molar refractivity (Wildman–Crippen MR) is 91.7 cm³/mol. The van der Waals surface area contributed by atoms with Crippen molar-refractivity contribution in [3.05, 3.63) is 52.6 Å². The fourth-order valence-electron chi connectivity index (χ4n) is 2.50. The van der Waals surface area contributed by atoms with Crippen LogP contribution in [0.3, 0.4) is 0 Å². The van der Waals surface area contributed by atoms with Gasteiger partial charge in [-0.05, 0) is 25.0 Å². The Kier molecular flexibility index (Phi) is 3.67. The summed E-state index contributed by atoms with van der Waals surface area (Å²) >= 11 is 1.60. The summed E-state index contributed by atoms with van der Waals surface area (Å²) in [6, 6.07) is 9.34. The van der Waals surface area contributed by atoms with Gasteiger partial charge in [0.05, 0.1) is 23.4 Å². The Balaban J connectivity index is 1.40. The molecule has 6 heteroatoms. The van der Waals surface area contributed by atoms with Crippen molar-refractivity contribution in [1.29, 1.82) is 0 Å². The lowest BCUT2D eigenvalue weighted by molar-refractivity contribution is 0.251. The lowest BCUT2D eigenvalue weighted by Crippen LogP contribution is -2.28. The van der Waals surface area contributed by atoms with E-state index in [4.69, 9.17) is 0 Å². The monoisotopic (exact) mass is 324 g/mol. The van der Waals surface area contributed by atoms with Gasteiger partial charge in [0.2, 0.25) is 0 Å². The summed E-state index contributed by atoms with van der Waals surface area (Å²) < 4.78 is 0. The molecule has 2 amide bonds. The van der Waals surface area contributed by atoms with Gasteiger partial charge in [-0.15, -0.1) is 11.3 Å². The number of thiazole rings is 1. The quantitative estimate of drug-likeness (QED) is 0.765. The smallest absolute Gasteiger partial charge is 0.319 e. The van der Waals surface area contributed by atoms with E-state index in [1.54, 1.807) is 17.5 Å². The number of carbonyl (C=O) groups is 1. The molecular formula is C17H16N4OS. The summed E-state index contributed by atoms with van der Waals surface area (Å²) in [5.74, 6) is 0.649. The summed E-state index contributed by atoms with van der Waals surface area (Å²) in [5, 5.41) is 9.76. The SMILES string of the molecule is O=C(NCc1nc(C2CC2)cs1)Nc1cccc2cccnc12. The first-order chi connectivity index (χ1) is 11.3. The second-order valence-corrected chi connectivity index (χ2v) is 6.57. The number of pyridine rings is 1. The van der Waals surface area contributed by atoms with E-state index in [0.29, 0.717) is 18.2 Å². The first kappa shape index (κ1) is 14.1. The molecular weight excluding hydrogens is 308 g/mol. The van der Waals surface area contributed by atoms with Crippen LogP contribution in [0.4, 0.5) is 10.5 Å². The molecule has 1 aromatic carbocycles. The first-order valence-corrected chi connectivity index (χ1v) is 8.50. The molecule has 2 heterocycles. The number of carbonyl (C=O) groups excluding carboxylic acids is 1. The summed E-state index contributed by atoms with van der Waals surface area (Å²) in [7, 11) is 0. The van der Waals surface area contributed by atoms with E-state index in [9.17, 15) is 4.79 Å². The van der Waals surface area contributed by atoms with E-state index >= 15 is 0 Å². The highest BCUT2D eigenvalue weighted by Crippen LogP contribution is 2.40. The largest absolute Gasteiger partial charge is 0.331 e. The maximum Gasteiger partial charge on any atom is 0.319 e. The molecule has 1 aliphatic carbocycles. The van der Waals surface area contributed by atoms with Crippen LogP contribution in [-0.4, -0.2) is 16.0 Å². The number of nitrogens with one attached hydrogen (secondary N) is 2. The van der Waals surface area contributed by atoms with Crippen LogP contribution in [0.5, 0.6) is 0 Å². The number of rotatable bonds is 4. The van der Waals surface area contributed by atoms with Gasteiger partial charge < -0.3 is 10.6 Å². The molecule has 4 rings (SSSR count). The lowest BCUT2D eigenvalue weighted by Gasteiger charge is -2.08. The van der Waals surface area contributed by atoms with Crippen LogP contribution < -0.4 is 10.6 Å². The van der Waals surface area contributed by atoms with Crippen LogP contribution in [0.1, 0.15) is 29.5 Å². The summed E-state index contributed by atoms with van der Waals surface area (Å²) in [6.45, 7) is 0.446. The standard InChI is InChI=1S/C17H16N4OS/c22-17(19-9-15-20-14(10-23-15)11-6-7-11)21-13-5-1-3-12-4-2-8-18-16(12)13/h1-5,8,10-11H,6-7,9H2,(H2,19,21,22). The number of para-hydroxylation sites is 1. The molecule has 1 saturated carbocycles. The Morgan fingerprint density at radius 3 is 3.00 bits per heavy atom. The van der Waals surface area contributed by atoms with Crippen molar-refractivity contribution in [2.75, 3.05) is 5.32 Å². The van der Waals surface area contributed by atoms with Gasteiger partial charge in [0.15, 0.2) is 0 Å². The molecule has 0 spiro atoms. The van der Waals surface area contributed by atoms with Crippen molar-refractivity contribution in [2.45, 2.75) is 25.3 Å². The number of hydrogen-bond acceptors (Lipinski definition) is 4. The molecule has 0 bridgehead atoms.